The fourth-order valence-corrected chi connectivity index (χ4v) is 2.93. The second-order valence-electron chi connectivity index (χ2n) is 6.16. The van der Waals surface area contributed by atoms with Crippen LogP contribution in [0.1, 0.15) is 37.0 Å². The summed E-state index contributed by atoms with van der Waals surface area (Å²) in [5.41, 5.74) is 6.07. The maximum absolute atomic E-state index is 11.3. The van der Waals surface area contributed by atoms with Gasteiger partial charge in [0.05, 0.1) is 5.69 Å². The van der Waals surface area contributed by atoms with Crippen molar-refractivity contribution >= 4 is 28.8 Å². The van der Waals surface area contributed by atoms with Crippen molar-refractivity contribution in [2.45, 2.75) is 33.1 Å². The number of aryl methyl sites for hydroxylation is 1. The van der Waals surface area contributed by atoms with E-state index in [4.69, 9.17) is 4.99 Å². The van der Waals surface area contributed by atoms with Gasteiger partial charge in [-0.15, -0.1) is 0 Å². The molecule has 1 N–H and O–H groups in total. The number of nitrogens with zero attached hydrogens (tertiary/aromatic N) is 1. The molecule has 0 saturated heterocycles. The van der Waals surface area contributed by atoms with Crippen molar-refractivity contribution < 1.29 is 9.59 Å². The van der Waals surface area contributed by atoms with Gasteiger partial charge in [-0.25, -0.2) is 0 Å². The first-order chi connectivity index (χ1) is 11.5. The molecule has 2 aromatic carbocycles. The van der Waals surface area contributed by atoms with E-state index in [9.17, 15) is 9.59 Å². The van der Waals surface area contributed by atoms with Gasteiger partial charge in [0.15, 0.2) is 0 Å². The smallest absolute Gasteiger partial charge is 0.221 e. The van der Waals surface area contributed by atoms with Gasteiger partial charge in [-0.1, -0.05) is 24.3 Å². The van der Waals surface area contributed by atoms with E-state index < -0.39 is 0 Å². The largest absolute Gasteiger partial charge is 0.326 e. The number of anilines is 1. The molecule has 0 aromatic heterocycles. The van der Waals surface area contributed by atoms with Crippen LogP contribution in [-0.4, -0.2) is 17.4 Å². The third kappa shape index (κ3) is 3.77. The second-order valence-corrected chi connectivity index (χ2v) is 6.16. The van der Waals surface area contributed by atoms with Crippen molar-refractivity contribution in [3.63, 3.8) is 0 Å². The maximum Gasteiger partial charge on any atom is 0.221 e. The topological polar surface area (TPSA) is 58.5 Å². The molecule has 0 spiro atoms. The number of ketones is 1. The van der Waals surface area contributed by atoms with Crippen LogP contribution in [0.25, 0.3) is 0 Å². The number of rotatable bonds is 4. The van der Waals surface area contributed by atoms with Crippen molar-refractivity contribution in [3.05, 3.63) is 59.2 Å². The van der Waals surface area contributed by atoms with Crippen LogP contribution in [0, 0.1) is 0 Å². The highest BCUT2D eigenvalue weighted by atomic mass is 16.1. The Morgan fingerprint density at radius 3 is 2.46 bits per heavy atom. The minimum absolute atomic E-state index is 0.0790. The Balaban J connectivity index is 1.86. The first-order valence-corrected chi connectivity index (χ1v) is 8.08. The summed E-state index contributed by atoms with van der Waals surface area (Å²) in [5.74, 6) is 0.0770. The number of hydrogen-bond acceptors (Lipinski definition) is 3. The van der Waals surface area contributed by atoms with Crippen LogP contribution >= 0.6 is 0 Å². The molecule has 0 bridgehead atoms. The highest BCUT2D eigenvalue weighted by Crippen LogP contribution is 2.29. The fourth-order valence-electron chi connectivity index (χ4n) is 2.93. The first kappa shape index (κ1) is 16.1. The summed E-state index contributed by atoms with van der Waals surface area (Å²) in [7, 11) is 0. The van der Waals surface area contributed by atoms with E-state index in [1.165, 1.54) is 12.5 Å². The lowest BCUT2D eigenvalue weighted by molar-refractivity contribution is -0.116. The van der Waals surface area contributed by atoms with Crippen molar-refractivity contribution in [2.75, 3.05) is 5.32 Å². The molecule has 1 amide bonds. The molecule has 2 aromatic rings. The van der Waals surface area contributed by atoms with Crippen molar-refractivity contribution in [1.29, 1.82) is 0 Å². The number of amides is 1. The molecule has 3 rings (SSSR count). The van der Waals surface area contributed by atoms with Crippen LogP contribution in [0.3, 0.4) is 0 Å². The molecule has 1 aliphatic rings. The molecule has 0 radical (unpaired) electrons. The number of aliphatic imine (C=N–C) groups is 1. The zero-order valence-corrected chi connectivity index (χ0v) is 13.9. The average Bonchev–Trinajstić information content (AvgIpc) is 2.54. The summed E-state index contributed by atoms with van der Waals surface area (Å²) in [4.78, 5) is 27.2. The van der Waals surface area contributed by atoms with Gasteiger partial charge in [0.25, 0.3) is 0 Å². The Morgan fingerprint density at radius 2 is 1.79 bits per heavy atom. The normalized spacial score (nSPS) is 13.0. The SMILES string of the molecule is CC(=O)Cc1ccc2c(c1)N=C(c1ccc(NC(C)=O)cc1)CC2. The fraction of sp³-hybridized carbons (Fsp3) is 0.250. The number of nitrogens with one attached hydrogen (secondary N) is 1. The minimum atomic E-state index is -0.0790. The molecule has 0 aliphatic carbocycles. The van der Waals surface area contributed by atoms with Crippen LogP contribution in [0.4, 0.5) is 11.4 Å². The number of carbonyl (C=O) groups is 2. The molecule has 24 heavy (non-hydrogen) atoms. The van der Waals surface area contributed by atoms with E-state index in [2.05, 4.69) is 11.4 Å². The summed E-state index contributed by atoms with van der Waals surface area (Å²) in [6.45, 7) is 3.10. The average molecular weight is 320 g/mol. The number of Topliss-reactive ketones (excluding diaryl/α,β-unsaturated/α-hetero) is 1. The van der Waals surface area contributed by atoms with E-state index in [0.717, 1.165) is 41.1 Å². The number of hydrogen-bond donors (Lipinski definition) is 1. The van der Waals surface area contributed by atoms with Crippen LogP contribution in [-0.2, 0) is 22.4 Å². The van der Waals surface area contributed by atoms with Gasteiger partial charge in [-0.3, -0.25) is 14.6 Å². The Bertz CT molecular complexity index is 820. The predicted octanol–water partition coefficient (Wildman–Crippen LogP) is 3.84. The molecule has 0 fully saturated rings. The molecular weight excluding hydrogens is 300 g/mol. The highest BCUT2D eigenvalue weighted by Gasteiger charge is 2.14. The van der Waals surface area contributed by atoms with Crippen LogP contribution in [0.15, 0.2) is 47.5 Å². The van der Waals surface area contributed by atoms with E-state index in [0.29, 0.717) is 6.42 Å². The Morgan fingerprint density at radius 1 is 1.04 bits per heavy atom. The highest BCUT2D eigenvalue weighted by molar-refractivity contribution is 6.03. The third-order valence-electron chi connectivity index (χ3n) is 4.03. The van der Waals surface area contributed by atoms with Crippen LogP contribution < -0.4 is 5.32 Å². The lowest BCUT2D eigenvalue weighted by Gasteiger charge is -2.17. The van der Waals surface area contributed by atoms with Gasteiger partial charge in [0.1, 0.15) is 5.78 Å². The van der Waals surface area contributed by atoms with Crippen LogP contribution in [0.5, 0.6) is 0 Å². The monoisotopic (exact) mass is 320 g/mol. The van der Waals surface area contributed by atoms with Crippen molar-refractivity contribution in [1.82, 2.24) is 0 Å². The van der Waals surface area contributed by atoms with E-state index in [1.807, 2.05) is 36.4 Å². The lowest BCUT2D eigenvalue weighted by atomic mass is 9.95. The third-order valence-corrected chi connectivity index (χ3v) is 4.03. The summed E-state index contributed by atoms with van der Waals surface area (Å²) in [6.07, 6.45) is 2.28. The molecule has 1 heterocycles. The van der Waals surface area contributed by atoms with Gasteiger partial charge in [-0.05, 0) is 54.7 Å². The zero-order valence-electron chi connectivity index (χ0n) is 13.9. The molecule has 1 aliphatic heterocycles. The first-order valence-electron chi connectivity index (χ1n) is 8.08. The molecule has 0 unspecified atom stereocenters. The van der Waals surface area contributed by atoms with Gasteiger partial charge >= 0.3 is 0 Å². The lowest BCUT2D eigenvalue weighted by Crippen LogP contribution is -2.09. The van der Waals surface area contributed by atoms with Gasteiger partial charge in [0, 0.05) is 24.7 Å². The van der Waals surface area contributed by atoms with Crippen molar-refractivity contribution in [2.24, 2.45) is 4.99 Å². The number of carbonyl (C=O) groups excluding carboxylic acids is 2. The molecule has 4 heteroatoms. The van der Waals surface area contributed by atoms with Crippen molar-refractivity contribution in [3.8, 4) is 0 Å². The number of fused-ring (bicyclic) bond motifs is 1. The molecule has 4 nitrogen and oxygen atoms in total. The van der Waals surface area contributed by atoms with Crippen LogP contribution in [0.2, 0.25) is 0 Å². The second kappa shape index (κ2) is 6.79. The standard InChI is InChI=1S/C20H20N2O2/c1-13(23)11-15-3-4-17-7-10-19(22-20(17)12-15)16-5-8-18(9-6-16)21-14(2)24/h3-6,8-9,12H,7,10-11H2,1-2H3,(H,21,24). The summed E-state index contributed by atoms with van der Waals surface area (Å²) < 4.78 is 0. The molecular formula is C20H20N2O2. The molecule has 0 saturated carbocycles. The van der Waals surface area contributed by atoms with E-state index in [1.54, 1.807) is 6.92 Å². The molecule has 122 valence electrons. The summed E-state index contributed by atoms with van der Waals surface area (Å²) >= 11 is 0. The molecule has 0 atom stereocenters. The minimum Gasteiger partial charge on any atom is -0.326 e. The van der Waals surface area contributed by atoms with E-state index >= 15 is 0 Å². The van der Waals surface area contributed by atoms with Gasteiger partial charge < -0.3 is 5.32 Å². The zero-order chi connectivity index (χ0) is 17.1. The summed E-state index contributed by atoms with van der Waals surface area (Å²) in [6, 6.07) is 13.9. The maximum atomic E-state index is 11.3. The van der Waals surface area contributed by atoms with Gasteiger partial charge in [-0.2, -0.15) is 0 Å². The Kier molecular flexibility index (Phi) is 4.56. The van der Waals surface area contributed by atoms with Gasteiger partial charge in [0.2, 0.25) is 5.91 Å². The Labute approximate surface area is 141 Å². The Hall–Kier alpha value is -2.75. The quantitative estimate of drug-likeness (QED) is 0.930. The van der Waals surface area contributed by atoms with E-state index in [-0.39, 0.29) is 11.7 Å². The number of benzene rings is 2. The predicted molar refractivity (Wildman–Crippen MR) is 96.1 cm³/mol. The summed E-state index contributed by atoms with van der Waals surface area (Å²) in [5, 5.41) is 2.77.